The minimum absolute atomic E-state index is 0.486. The van der Waals surface area contributed by atoms with Crippen molar-refractivity contribution in [3.63, 3.8) is 0 Å². The Bertz CT molecular complexity index is 619. The molecule has 6 nitrogen and oxygen atoms in total. The van der Waals surface area contributed by atoms with E-state index in [4.69, 9.17) is 0 Å². The van der Waals surface area contributed by atoms with E-state index < -0.39 is 0 Å². The summed E-state index contributed by atoms with van der Waals surface area (Å²) in [7, 11) is 6.30. The molecule has 0 aliphatic carbocycles. The van der Waals surface area contributed by atoms with E-state index in [2.05, 4.69) is 81.7 Å². The molecule has 156 valence electrons. The standard InChI is InChI=1S/C22H38N6/c1-18-14-20(10-11-28(18)16-19-8-6-5-7-9-19)25-22(23-2)24-15-21-17-26(3)12-13-27(21)4/h5-9,18,20-21H,10-17H2,1-4H3,(H2,23,24,25). The normalized spacial score (nSPS) is 28.3. The number of rotatable bonds is 5. The maximum absolute atomic E-state index is 4.47. The highest BCUT2D eigenvalue weighted by atomic mass is 15.3. The second-order valence-corrected chi connectivity index (χ2v) is 8.52. The number of likely N-dealkylation sites (N-methyl/N-ethyl adjacent to an activating group) is 2. The van der Waals surface area contributed by atoms with Crippen molar-refractivity contribution in [2.24, 2.45) is 4.99 Å². The number of nitrogens with zero attached hydrogens (tertiary/aromatic N) is 4. The molecule has 3 unspecified atom stereocenters. The van der Waals surface area contributed by atoms with Gasteiger partial charge in [0.05, 0.1) is 0 Å². The molecule has 2 heterocycles. The van der Waals surface area contributed by atoms with E-state index in [9.17, 15) is 0 Å². The van der Waals surface area contributed by atoms with Gasteiger partial charge in [-0.05, 0) is 39.4 Å². The Morgan fingerprint density at radius 2 is 1.93 bits per heavy atom. The van der Waals surface area contributed by atoms with Gasteiger partial charge in [-0.3, -0.25) is 14.8 Å². The van der Waals surface area contributed by atoms with Crippen LogP contribution in [0.15, 0.2) is 35.3 Å². The number of hydrogen-bond acceptors (Lipinski definition) is 4. The zero-order valence-electron chi connectivity index (χ0n) is 18.1. The predicted molar refractivity (Wildman–Crippen MR) is 118 cm³/mol. The Labute approximate surface area is 171 Å². The van der Waals surface area contributed by atoms with Gasteiger partial charge in [-0.25, -0.2) is 0 Å². The highest BCUT2D eigenvalue weighted by Crippen LogP contribution is 2.20. The molecule has 2 saturated heterocycles. The fourth-order valence-electron chi connectivity index (χ4n) is 4.33. The summed E-state index contributed by atoms with van der Waals surface area (Å²) < 4.78 is 0. The number of nitrogens with one attached hydrogen (secondary N) is 2. The van der Waals surface area contributed by atoms with Gasteiger partial charge in [-0.15, -0.1) is 0 Å². The van der Waals surface area contributed by atoms with E-state index in [1.54, 1.807) is 0 Å². The molecule has 2 fully saturated rings. The topological polar surface area (TPSA) is 46.1 Å². The van der Waals surface area contributed by atoms with Crippen molar-refractivity contribution in [2.45, 2.75) is 44.4 Å². The molecule has 2 aliphatic heterocycles. The highest BCUT2D eigenvalue weighted by molar-refractivity contribution is 5.80. The summed E-state index contributed by atoms with van der Waals surface area (Å²) in [4.78, 5) is 11.9. The maximum Gasteiger partial charge on any atom is 0.191 e. The van der Waals surface area contributed by atoms with Gasteiger partial charge in [-0.2, -0.15) is 0 Å². The number of guanidine groups is 1. The molecule has 6 heteroatoms. The largest absolute Gasteiger partial charge is 0.355 e. The van der Waals surface area contributed by atoms with Crippen LogP contribution in [0.25, 0.3) is 0 Å². The van der Waals surface area contributed by atoms with Gasteiger partial charge in [-0.1, -0.05) is 30.3 Å². The first-order chi connectivity index (χ1) is 13.5. The van der Waals surface area contributed by atoms with Crippen molar-refractivity contribution in [3.05, 3.63) is 35.9 Å². The second kappa shape index (κ2) is 10.2. The average molecular weight is 387 g/mol. The molecule has 2 aliphatic rings. The van der Waals surface area contributed by atoms with Crippen LogP contribution in [0.1, 0.15) is 25.3 Å². The number of likely N-dealkylation sites (tertiary alicyclic amines) is 1. The van der Waals surface area contributed by atoms with Gasteiger partial charge in [0.1, 0.15) is 0 Å². The van der Waals surface area contributed by atoms with Crippen molar-refractivity contribution in [1.29, 1.82) is 0 Å². The molecule has 1 aromatic carbocycles. The molecule has 0 aromatic heterocycles. The Kier molecular flexibility index (Phi) is 7.71. The van der Waals surface area contributed by atoms with E-state index in [-0.39, 0.29) is 0 Å². The van der Waals surface area contributed by atoms with Crippen molar-refractivity contribution in [1.82, 2.24) is 25.3 Å². The van der Waals surface area contributed by atoms with E-state index in [1.165, 1.54) is 5.56 Å². The van der Waals surface area contributed by atoms with E-state index >= 15 is 0 Å². The molecule has 1 aromatic rings. The fourth-order valence-corrected chi connectivity index (χ4v) is 4.33. The van der Waals surface area contributed by atoms with Gasteiger partial charge in [0.2, 0.25) is 0 Å². The Balaban J connectivity index is 1.44. The van der Waals surface area contributed by atoms with Gasteiger partial charge in [0.15, 0.2) is 5.96 Å². The van der Waals surface area contributed by atoms with Crippen LogP contribution in [0.3, 0.4) is 0 Å². The number of piperazine rings is 1. The number of aliphatic imine (C=N–C) groups is 1. The molecular formula is C22H38N6. The van der Waals surface area contributed by atoms with Crippen LogP contribution < -0.4 is 10.6 Å². The molecule has 0 amide bonds. The lowest BCUT2D eigenvalue weighted by Gasteiger charge is -2.39. The second-order valence-electron chi connectivity index (χ2n) is 8.52. The van der Waals surface area contributed by atoms with E-state index in [1.807, 2.05) is 7.05 Å². The summed E-state index contributed by atoms with van der Waals surface area (Å²) in [5.74, 6) is 0.940. The van der Waals surface area contributed by atoms with Crippen LogP contribution in [-0.4, -0.2) is 92.7 Å². The lowest BCUT2D eigenvalue weighted by Crippen LogP contribution is -2.57. The first kappa shape index (κ1) is 21.1. The number of piperidine rings is 1. The third-order valence-electron chi connectivity index (χ3n) is 6.29. The molecule has 2 N–H and O–H groups in total. The van der Waals surface area contributed by atoms with Crippen molar-refractivity contribution < 1.29 is 0 Å². The first-order valence-electron chi connectivity index (χ1n) is 10.7. The lowest BCUT2D eigenvalue weighted by atomic mass is 9.97. The molecule has 28 heavy (non-hydrogen) atoms. The average Bonchev–Trinajstić information content (AvgIpc) is 2.70. The fraction of sp³-hybridized carbons (Fsp3) is 0.682. The Morgan fingerprint density at radius 1 is 1.14 bits per heavy atom. The number of hydrogen-bond donors (Lipinski definition) is 2. The molecule has 3 atom stereocenters. The van der Waals surface area contributed by atoms with Crippen LogP contribution in [-0.2, 0) is 6.54 Å². The zero-order chi connectivity index (χ0) is 19.9. The van der Waals surface area contributed by atoms with Crippen LogP contribution in [0.5, 0.6) is 0 Å². The summed E-state index contributed by atoms with van der Waals surface area (Å²) in [5, 5.41) is 7.23. The SMILES string of the molecule is CN=C(NCC1CN(C)CCN1C)NC1CCN(Cc2ccccc2)C(C)C1. The minimum Gasteiger partial charge on any atom is -0.355 e. The van der Waals surface area contributed by atoms with Crippen LogP contribution >= 0.6 is 0 Å². The summed E-state index contributed by atoms with van der Waals surface area (Å²) in [5.41, 5.74) is 1.40. The van der Waals surface area contributed by atoms with E-state index in [0.29, 0.717) is 18.1 Å². The lowest BCUT2D eigenvalue weighted by molar-refractivity contribution is 0.116. The summed E-state index contributed by atoms with van der Waals surface area (Å²) in [6.07, 6.45) is 2.31. The van der Waals surface area contributed by atoms with Gasteiger partial charge < -0.3 is 15.5 Å². The Morgan fingerprint density at radius 3 is 2.64 bits per heavy atom. The minimum atomic E-state index is 0.486. The monoisotopic (exact) mass is 386 g/mol. The molecule has 0 bridgehead atoms. The molecule has 0 spiro atoms. The van der Waals surface area contributed by atoms with Gasteiger partial charge >= 0.3 is 0 Å². The van der Waals surface area contributed by atoms with Gasteiger partial charge in [0, 0.05) is 64.4 Å². The van der Waals surface area contributed by atoms with Crippen LogP contribution in [0.4, 0.5) is 0 Å². The van der Waals surface area contributed by atoms with Crippen molar-refractivity contribution >= 4 is 5.96 Å². The van der Waals surface area contributed by atoms with Crippen LogP contribution in [0, 0.1) is 0 Å². The smallest absolute Gasteiger partial charge is 0.191 e. The zero-order valence-corrected chi connectivity index (χ0v) is 18.1. The third-order valence-corrected chi connectivity index (χ3v) is 6.29. The van der Waals surface area contributed by atoms with Crippen molar-refractivity contribution in [2.75, 3.05) is 53.9 Å². The molecule has 0 saturated carbocycles. The number of benzene rings is 1. The molecule has 0 radical (unpaired) electrons. The third kappa shape index (κ3) is 5.93. The maximum atomic E-state index is 4.47. The summed E-state index contributed by atoms with van der Waals surface area (Å²) >= 11 is 0. The summed E-state index contributed by atoms with van der Waals surface area (Å²) in [6, 6.07) is 12.4. The van der Waals surface area contributed by atoms with Crippen LogP contribution in [0.2, 0.25) is 0 Å². The quantitative estimate of drug-likeness (QED) is 0.592. The predicted octanol–water partition coefficient (Wildman–Crippen LogP) is 1.45. The van der Waals surface area contributed by atoms with E-state index in [0.717, 1.165) is 58.1 Å². The highest BCUT2D eigenvalue weighted by Gasteiger charge is 2.27. The first-order valence-corrected chi connectivity index (χ1v) is 10.7. The molecular weight excluding hydrogens is 348 g/mol. The molecule has 3 rings (SSSR count). The summed E-state index contributed by atoms with van der Waals surface area (Å²) in [6.45, 7) is 8.84. The Hall–Kier alpha value is -1.63. The van der Waals surface area contributed by atoms with Crippen molar-refractivity contribution in [3.8, 4) is 0 Å². The van der Waals surface area contributed by atoms with Gasteiger partial charge in [0.25, 0.3) is 0 Å².